The second-order valence-electron chi connectivity index (χ2n) is 6.53. The fourth-order valence-corrected chi connectivity index (χ4v) is 3.53. The fourth-order valence-electron chi connectivity index (χ4n) is 3.53. The Morgan fingerprint density at radius 3 is 3.09 bits per heavy atom. The lowest BCUT2D eigenvalue weighted by Gasteiger charge is -2.31. The van der Waals surface area contributed by atoms with E-state index in [0.717, 1.165) is 31.6 Å². The molecule has 6 nitrogen and oxygen atoms in total. The summed E-state index contributed by atoms with van der Waals surface area (Å²) in [4.78, 5) is 23.2. The van der Waals surface area contributed by atoms with Gasteiger partial charge in [-0.25, -0.2) is 0 Å². The van der Waals surface area contributed by atoms with Crippen LogP contribution < -0.4 is 0 Å². The monoisotopic (exact) mass is 312 g/mol. The molecule has 0 bridgehead atoms. The normalized spacial score (nSPS) is 27.0. The minimum absolute atomic E-state index is 0.116. The highest BCUT2D eigenvalue weighted by Gasteiger charge is 2.46. The second-order valence-corrected chi connectivity index (χ2v) is 6.53. The smallest absolute Gasteiger partial charge is 0.226 e. The molecule has 3 atom stereocenters. The van der Waals surface area contributed by atoms with E-state index in [2.05, 4.69) is 21.2 Å². The van der Waals surface area contributed by atoms with Gasteiger partial charge >= 0.3 is 0 Å². The Morgan fingerprint density at radius 1 is 1.43 bits per heavy atom. The molecule has 6 heteroatoms. The molecule has 1 amide bonds. The van der Waals surface area contributed by atoms with Gasteiger partial charge in [-0.05, 0) is 36.8 Å². The molecule has 2 aliphatic rings. The van der Waals surface area contributed by atoms with E-state index in [1.807, 2.05) is 17.2 Å². The Labute approximate surface area is 134 Å². The van der Waals surface area contributed by atoms with Gasteiger partial charge in [-0.2, -0.15) is 4.98 Å². The van der Waals surface area contributed by atoms with Gasteiger partial charge < -0.3 is 9.42 Å². The molecule has 4 rings (SSSR count). The van der Waals surface area contributed by atoms with Crippen molar-refractivity contribution in [3.8, 4) is 0 Å². The highest BCUT2D eigenvalue weighted by molar-refractivity contribution is 5.83. The summed E-state index contributed by atoms with van der Waals surface area (Å²) >= 11 is 0. The number of carbonyl (C=O) groups is 1. The third kappa shape index (κ3) is 2.85. The first-order chi connectivity index (χ1) is 11.2. The molecular formula is C17H20N4O2. The number of aryl methyl sites for hydroxylation is 1. The minimum Gasteiger partial charge on any atom is -0.342 e. The summed E-state index contributed by atoms with van der Waals surface area (Å²) in [5.41, 5.74) is 1.17. The topological polar surface area (TPSA) is 72.1 Å². The third-order valence-electron chi connectivity index (χ3n) is 4.86. The van der Waals surface area contributed by atoms with Crippen molar-refractivity contribution in [1.82, 2.24) is 20.0 Å². The van der Waals surface area contributed by atoms with E-state index in [1.54, 1.807) is 13.1 Å². The average molecular weight is 312 g/mol. The Kier molecular flexibility index (Phi) is 3.59. The van der Waals surface area contributed by atoms with Crippen LogP contribution in [-0.2, 0) is 4.79 Å². The number of pyridine rings is 1. The minimum atomic E-state index is 0.116. The number of nitrogens with zero attached hydrogens (tertiary/aromatic N) is 4. The van der Waals surface area contributed by atoms with Crippen molar-refractivity contribution in [2.75, 3.05) is 13.1 Å². The van der Waals surface area contributed by atoms with E-state index in [4.69, 9.17) is 4.52 Å². The number of carbonyl (C=O) groups excluding carboxylic acids is 1. The maximum atomic E-state index is 12.8. The van der Waals surface area contributed by atoms with Crippen LogP contribution in [0.3, 0.4) is 0 Å². The predicted octanol–water partition coefficient (Wildman–Crippen LogP) is 2.28. The molecule has 1 saturated heterocycles. The Bertz CT molecular complexity index is 700. The number of piperidine rings is 1. The summed E-state index contributed by atoms with van der Waals surface area (Å²) in [6.07, 6.45) is 6.59. The number of amides is 1. The molecule has 2 aromatic heterocycles. The van der Waals surface area contributed by atoms with Crippen LogP contribution in [0.5, 0.6) is 0 Å². The van der Waals surface area contributed by atoms with Crippen molar-refractivity contribution >= 4 is 5.91 Å². The molecule has 0 unspecified atom stereocenters. The quantitative estimate of drug-likeness (QED) is 0.869. The van der Waals surface area contributed by atoms with Crippen molar-refractivity contribution in [2.24, 2.45) is 5.92 Å². The molecule has 0 aromatic carbocycles. The van der Waals surface area contributed by atoms with Gasteiger partial charge in [0, 0.05) is 44.2 Å². The van der Waals surface area contributed by atoms with Gasteiger partial charge in [0.2, 0.25) is 11.8 Å². The Morgan fingerprint density at radius 2 is 2.35 bits per heavy atom. The number of aromatic nitrogens is 3. The van der Waals surface area contributed by atoms with Gasteiger partial charge in [0.25, 0.3) is 0 Å². The molecule has 0 radical (unpaired) electrons. The molecular weight excluding hydrogens is 292 g/mol. The molecule has 1 aliphatic heterocycles. The summed E-state index contributed by atoms with van der Waals surface area (Å²) in [5, 5.41) is 4.02. The third-order valence-corrected chi connectivity index (χ3v) is 4.86. The summed E-state index contributed by atoms with van der Waals surface area (Å²) in [6, 6.07) is 4.00. The van der Waals surface area contributed by atoms with Crippen LogP contribution in [-0.4, -0.2) is 39.0 Å². The number of hydrogen-bond donors (Lipinski definition) is 0. The summed E-state index contributed by atoms with van der Waals surface area (Å²) < 4.78 is 5.08. The zero-order valence-corrected chi connectivity index (χ0v) is 13.2. The second kappa shape index (κ2) is 5.76. The van der Waals surface area contributed by atoms with Crippen LogP contribution in [0.2, 0.25) is 0 Å². The molecule has 23 heavy (non-hydrogen) atoms. The lowest BCUT2D eigenvalue weighted by molar-refractivity contribution is -0.133. The van der Waals surface area contributed by atoms with Crippen LogP contribution in [0.15, 0.2) is 29.0 Å². The van der Waals surface area contributed by atoms with Crippen LogP contribution >= 0.6 is 0 Å². The van der Waals surface area contributed by atoms with Crippen LogP contribution in [0, 0.1) is 12.8 Å². The van der Waals surface area contributed by atoms with Gasteiger partial charge in [0.1, 0.15) is 0 Å². The number of likely N-dealkylation sites (tertiary alicyclic amines) is 1. The largest absolute Gasteiger partial charge is 0.342 e. The molecule has 3 heterocycles. The van der Waals surface area contributed by atoms with E-state index in [1.165, 1.54) is 5.56 Å². The first-order valence-electron chi connectivity index (χ1n) is 8.21. The molecule has 2 fully saturated rings. The van der Waals surface area contributed by atoms with Gasteiger partial charge in [-0.15, -0.1) is 0 Å². The highest BCUT2D eigenvalue weighted by atomic mass is 16.5. The van der Waals surface area contributed by atoms with E-state index in [0.29, 0.717) is 18.4 Å². The lowest BCUT2D eigenvalue weighted by atomic mass is 9.97. The van der Waals surface area contributed by atoms with Crippen LogP contribution in [0.25, 0.3) is 0 Å². The molecule has 1 saturated carbocycles. The molecule has 1 aliphatic carbocycles. The van der Waals surface area contributed by atoms with E-state index < -0.39 is 0 Å². The van der Waals surface area contributed by atoms with Crippen molar-refractivity contribution in [3.05, 3.63) is 41.8 Å². The highest BCUT2D eigenvalue weighted by Crippen LogP contribution is 2.48. The van der Waals surface area contributed by atoms with Gasteiger partial charge in [-0.1, -0.05) is 11.2 Å². The fraction of sp³-hybridized carbons (Fsp3) is 0.529. The SMILES string of the molecule is Cc1nc([C@@H]2CCCN(C(=O)[C@@H]3C[C@H]3c3cccnc3)C2)no1. The maximum Gasteiger partial charge on any atom is 0.226 e. The maximum absolute atomic E-state index is 12.8. The Hall–Kier alpha value is -2.24. The predicted molar refractivity (Wildman–Crippen MR) is 82.7 cm³/mol. The average Bonchev–Trinajstić information content (AvgIpc) is 3.29. The van der Waals surface area contributed by atoms with Gasteiger partial charge in [0.15, 0.2) is 5.82 Å². The number of hydrogen-bond acceptors (Lipinski definition) is 5. The van der Waals surface area contributed by atoms with Crippen molar-refractivity contribution in [2.45, 2.75) is 38.0 Å². The van der Waals surface area contributed by atoms with Crippen molar-refractivity contribution in [1.29, 1.82) is 0 Å². The summed E-state index contributed by atoms with van der Waals surface area (Å²) in [5.74, 6) is 2.24. The van der Waals surface area contributed by atoms with E-state index >= 15 is 0 Å². The zero-order chi connectivity index (χ0) is 15.8. The molecule has 2 aromatic rings. The van der Waals surface area contributed by atoms with Gasteiger partial charge in [-0.3, -0.25) is 9.78 Å². The first kappa shape index (κ1) is 14.4. The standard InChI is InChI=1S/C17H20N4O2/c1-11-19-16(20-23-11)13-5-3-7-21(10-13)17(22)15-8-14(15)12-4-2-6-18-9-12/h2,4,6,9,13-15H,3,5,7-8,10H2,1H3/t13-,14+,15-/m1/s1. The first-order valence-corrected chi connectivity index (χ1v) is 8.21. The van der Waals surface area contributed by atoms with Crippen LogP contribution in [0.1, 0.15) is 48.4 Å². The van der Waals surface area contributed by atoms with Crippen LogP contribution in [0.4, 0.5) is 0 Å². The molecule has 0 N–H and O–H groups in total. The van der Waals surface area contributed by atoms with Crippen molar-refractivity contribution in [3.63, 3.8) is 0 Å². The number of rotatable bonds is 3. The van der Waals surface area contributed by atoms with Crippen molar-refractivity contribution < 1.29 is 9.32 Å². The molecule has 120 valence electrons. The van der Waals surface area contributed by atoms with E-state index in [-0.39, 0.29) is 17.7 Å². The van der Waals surface area contributed by atoms with E-state index in [9.17, 15) is 4.79 Å². The summed E-state index contributed by atoms with van der Waals surface area (Å²) in [6.45, 7) is 3.33. The lowest BCUT2D eigenvalue weighted by Crippen LogP contribution is -2.40. The van der Waals surface area contributed by atoms with Gasteiger partial charge in [0.05, 0.1) is 0 Å². The zero-order valence-electron chi connectivity index (χ0n) is 13.2. The Balaban J connectivity index is 1.41. The molecule has 0 spiro atoms. The summed E-state index contributed by atoms with van der Waals surface area (Å²) in [7, 11) is 0.